The van der Waals surface area contributed by atoms with Gasteiger partial charge in [-0.15, -0.1) is 0 Å². The molecule has 1 unspecified atom stereocenters. The molecule has 1 spiro atoms. The van der Waals surface area contributed by atoms with Gasteiger partial charge in [-0.3, -0.25) is 25.2 Å². The minimum absolute atomic E-state index is 0.0308. The SMILES string of the molecule is CC1(C)CCOc2c(C(=O)NC3CN4C(N)=N[C@@H](CNC(=O)c5cc(Cl)cc(Cl)c5)[C@@H]5[NH+]=C(N)N[C@@]54C3(O)O)cccc21. The number of nitrogens with one attached hydrogen (secondary N) is 4. The first-order valence-corrected chi connectivity index (χ1v) is 14.5. The number of fused-ring (bicyclic) bond motifs is 1. The van der Waals surface area contributed by atoms with E-state index in [1.54, 1.807) is 12.1 Å². The summed E-state index contributed by atoms with van der Waals surface area (Å²) in [6, 6.07) is 6.88. The molecule has 4 aliphatic heterocycles. The molecule has 4 aliphatic rings. The molecule has 10 N–H and O–H groups in total. The van der Waals surface area contributed by atoms with E-state index >= 15 is 0 Å². The minimum atomic E-state index is -2.61. The Bertz CT molecular complexity index is 1560. The van der Waals surface area contributed by atoms with Gasteiger partial charge in [-0.05, 0) is 36.1 Å². The minimum Gasteiger partial charge on any atom is -0.492 e. The standard InChI is InChI=1S/C28H32Cl2N8O5/c1-26(2)6-7-43-20-16(4-3-5-17(20)26)23(40)35-19-12-38-25(32)34-18(21-27(38,28(19,41)42)37-24(31)36-21)11-33-22(39)13-8-14(29)10-15(30)9-13/h3-5,8-10,18-19,21,41-42H,6-7,11-12H2,1-2H3,(H2,32,34)(H,33,39)(H,35,40)(H3,31,36,37)/p+1/t18-,19?,21-,27-/m0/s1. The van der Waals surface area contributed by atoms with Crippen LogP contribution < -0.4 is 37.1 Å². The van der Waals surface area contributed by atoms with Crippen molar-refractivity contribution in [2.75, 3.05) is 19.7 Å². The number of carbonyl (C=O) groups excluding carboxylic acids is 2. The quantitative estimate of drug-likeness (QED) is 0.178. The summed E-state index contributed by atoms with van der Waals surface area (Å²) >= 11 is 12.1. The molecule has 2 aromatic rings. The van der Waals surface area contributed by atoms with Crippen molar-refractivity contribution in [2.45, 2.75) is 55.3 Å². The highest BCUT2D eigenvalue weighted by Gasteiger charge is 2.76. The number of nitrogens with two attached hydrogens (primary N) is 2. The normalized spacial score (nSPS) is 27.9. The molecule has 4 heterocycles. The number of benzene rings is 2. The van der Waals surface area contributed by atoms with Gasteiger partial charge in [0.25, 0.3) is 17.5 Å². The molecular formula is C28H33Cl2N8O5+. The number of aliphatic hydroxyl groups is 2. The molecule has 4 atom stereocenters. The van der Waals surface area contributed by atoms with E-state index < -0.39 is 41.4 Å². The van der Waals surface area contributed by atoms with Crippen molar-refractivity contribution in [3.63, 3.8) is 0 Å². The predicted octanol–water partition coefficient (Wildman–Crippen LogP) is -1.66. The Morgan fingerprint density at radius 3 is 2.63 bits per heavy atom. The molecule has 1 saturated heterocycles. The third-order valence-electron chi connectivity index (χ3n) is 8.75. The third-order valence-corrected chi connectivity index (χ3v) is 9.18. The lowest BCUT2D eigenvalue weighted by molar-refractivity contribution is -0.521. The molecule has 0 bridgehead atoms. The van der Waals surface area contributed by atoms with E-state index in [9.17, 15) is 19.8 Å². The van der Waals surface area contributed by atoms with E-state index in [2.05, 4.69) is 39.8 Å². The Morgan fingerprint density at radius 1 is 1.19 bits per heavy atom. The summed E-state index contributed by atoms with van der Waals surface area (Å²) in [7, 11) is 0. The van der Waals surface area contributed by atoms with Crippen LogP contribution in [0.3, 0.4) is 0 Å². The maximum Gasteiger partial charge on any atom is 0.343 e. The Morgan fingerprint density at radius 2 is 1.91 bits per heavy atom. The predicted molar refractivity (Wildman–Crippen MR) is 159 cm³/mol. The number of nitrogens with zero attached hydrogens (tertiary/aromatic N) is 2. The fourth-order valence-electron chi connectivity index (χ4n) is 6.51. The maximum atomic E-state index is 13.6. The van der Waals surface area contributed by atoms with Crippen LogP contribution in [-0.2, 0) is 5.41 Å². The second-order valence-electron chi connectivity index (χ2n) is 11.9. The Balaban J connectivity index is 1.26. The fourth-order valence-corrected chi connectivity index (χ4v) is 7.03. The number of aliphatic imine (C=N–C) groups is 1. The van der Waals surface area contributed by atoms with E-state index in [1.807, 2.05) is 6.07 Å². The molecular weight excluding hydrogens is 599 g/mol. The van der Waals surface area contributed by atoms with Crippen molar-refractivity contribution in [3.8, 4) is 5.75 Å². The summed E-state index contributed by atoms with van der Waals surface area (Å²) in [5, 5.41) is 32.6. The number of hydrogen-bond donors (Lipinski definition) is 8. The summed E-state index contributed by atoms with van der Waals surface area (Å²) in [6.45, 7) is 4.47. The highest BCUT2D eigenvalue weighted by Crippen LogP contribution is 2.43. The fraction of sp³-hybridized carbons (Fsp3) is 0.429. The highest BCUT2D eigenvalue weighted by atomic mass is 35.5. The van der Waals surface area contributed by atoms with Crippen LogP contribution in [0.15, 0.2) is 41.4 Å². The van der Waals surface area contributed by atoms with Crippen LogP contribution in [0.25, 0.3) is 0 Å². The number of ether oxygens (including phenoxy) is 1. The van der Waals surface area contributed by atoms with Crippen LogP contribution in [-0.4, -0.2) is 88.1 Å². The number of amides is 2. The molecule has 0 radical (unpaired) electrons. The number of halogens is 2. The average Bonchev–Trinajstić information content (AvgIpc) is 3.40. The monoisotopic (exact) mass is 631 g/mol. The zero-order valence-corrected chi connectivity index (χ0v) is 25.0. The Hall–Kier alpha value is -3.78. The van der Waals surface area contributed by atoms with Crippen LogP contribution in [0.2, 0.25) is 10.0 Å². The smallest absolute Gasteiger partial charge is 0.343 e. The molecule has 2 aromatic carbocycles. The molecule has 0 aromatic heterocycles. The number of para-hydroxylation sites is 1. The van der Waals surface area contributed by atoms with Gasteiger partial charge in [0.2, 0.25) is 5.79 Å². The maximum absolute atomic E-state index is 13.6. The lowest BCUT2D eigenvalue weighted by Crippen LogP contribution is -2.90. The van der Waals surface area contributed by atoms with Crippen LogP contribution in [0.5, 0.6) is 5.75 Å². The number of hydrogen-bond acceptors (Lipinski definition) is 10. The van der Waals surface area contributed by atoms with Gasteiger partial charge in [0.1, 0.15) is 17.8 Å². The van der Waals surface area contributed by atoms with Crippen molar-refractivity contribution >= 4 is 46.9 Å². The van der Waals surface area contributed by atoms with Gasteiger partial charge in [0.15, 0.2) is 12.0 Å². The molecule has 2 amide bonds. The molecule has 13 nitrogen and oxygen atoms in total. The van der Waals surface area contributed by atoms with E-state index in [0.29, 0.717) is 22.4 Å². The molecule has 1 fully saturated rings. The number of rotatable bonds is 5. The van der Waals surface area contributed by atoms with Crippen molar-refractivity contribution in [3.05, 3.63) is 63.1 Å². The third kappa shape index (κ3) is 4.62. The van der Waals surface area contributed by atoms with E-state index in [0.717, 1.165) is 12.0 Å². The second-order valence-corrected chi connectivity index (χ2v) is 12.8. The summed E-state index contributed by atoms with van der Waals surface area (Å²) in [5.41, 5.74) is 12.0. The van der Waals surface area contributed by atoms with Gasteiger partial charge in [-0.25, -0.2) is 10.3 Å². The van der Waals surface area contributed by atoms with Gasteiger partial charge < -0.3 is 31.3 Å². The van der Waals surface area contributed by atoms with Crippen LogP contribution in [0.1, 0.15) is 46.5 Å². The lowest BCUT2D eigenvalue weighted by Gasteiger charge is -2.46. The van der Waals surface area contributed by atoms with Crippen LogP contribution in [0, 0.1) is 0 Å². The summed E-state index contributed by atoms with van der Waals surface area (Å²) in [5.74, 6) is -3.13. The summed E-state index contributed by atoms with van der Waals surface area (Å²) in [6.07, 6.45) is 0.798. The van der Waals surface area contributed by atoms with Crippen molar-refractivity contribution in [2.24, 2.45) is 16.5 Å². The largest absolute Gasteiger partial charge is 0.492 e. The first-order chi connectivity index (χ1) is 20.2. The zero-order chi connectivity index (χ0) is 30.9. The Labute approximate surface area is 257 Å². The van der Waals surface area contributed by atoms with Crippen LogP contribution in [0.4, 0.5) is 0 Å². The molecule has 43 heavy (non-hydrogen) atoms. The Kier molecular flexibility index (Phi) is 6.92. The second kappa shape index (κ2) is 10.2. The lowest BCUT2D eigenvalue weighted by atomic mass is 9.79. The van der Waals surface area contributed by atoms with Gasteiger partial charge >= 0.3 is 5.96 Å². The molecule has 228 valence electrons. The average molecular weight is 633 g/mol. The number of guanidine groups is 2. The van der Waals surface area contributed by atoms with E-state index in [1.165, 1.54) is 23.1 Å². The van der Waals surface area contributed by atoms with Gasteiger partial charge in [0.05, 0.1) is 18.7 Å². The molecule has 0 saturated carbocycles. The molecule has 15 heteroatoms. The van der Waals surface area contributed by atoms with Crippen molar-refractivity contribution in [1.82, 2.24) is 20.9 Å². The first-order valence-electron chi connectivity index (χ1n) is 13.8. The van der Waals surface area contributed by atoms with Gasteiger partial charge in [0, 0.05) is 27.7 Å². The van der Waals surface area contributed by atoms with Gasteiger partial charge in [-0.1, -0.05) is 49.2 Å². The topological polar surface area (TPSA) is 202 Å². The zero-order valence-electron chi connectivity index (χ0n) is 23.4. The summed E-state index contributed by atoms with van der Waals surface area (Å²) in [4.78, 5) is 35.5. The first kappa shape index (κ1) is 29.3. The van der Waals surface area contributed by atoms with Crippen molar-refractivity contribution in [1.29, 1.82) is 0 Å². The molecule has 0 aliphatic carbocycles. The van der Waals surface area contributed by atoms with Gasteiger partial charge in [-0.2, -0.15) is 0 Å². The number of carbonyl (C=O) groups is 2. The van der Waals surface area contributed by atoms with E-state index in [-0.39, 0.29) is 41.6 Å². The van der Waals surface area contributed by atoms with Crippen LogP contribution >= 0.6 is 23.2 Å². The van der Waals surface area contributed by atoms with E-state index in [4.69, 9.17) is 39.4 Å². The summed E-state index contributed by atoms with van der Waals surface area (Å²) < 4.78 is 5.90. The molecule has 6 rings (SSSR count). The highest BCUT2D eigenvalue weighted by molar-refractivity contribution is 6.35. The van der Waals surface area contributed by atoms with Crippen molar-refractivity contribution < 1.29 is 29.5 Å².